The number of nitrogens with two attached hydrogens (primary N) is 1. The highest BCUT2D eigenvalue weighted by atomic mass is 79.9. The molecule has 1 atom stereocenters. The van der Waals surface area contributed by atoms with Crippen LogP contribution >= 0.6 is 15.9 Å². The zero-order valence-electron chi connectivity index (χ0n) is 10.9. The molecule has 2 amide bonds. The second-order valence-corrected chi connectivity index (χ2v) is 5.74. The molecular weight excluding hydrogens is 327 g/mol. The van der Waals surface area contributed by atoms with Crippen LogP contribution in [0, 0.1) is 5.82 Å². The van der Waals surface area contributed by atoms with Crippen molar-refractivity contribution in [1.29, 1.82) is 0 Å². The van der Waals surface area contributed by atoms with E-state index < -0.39 is 11.9 Å². The van der Waals surface area contributed by atoms with Crippen molar-refractivity contribution >= 4 is 27.7 Å². The summed E-state index contributed by atoms with van der Waals surface area (Å²) in [5.74, 6) is -0.892. The van der Waals surface area contributed by atoms with Gasteiger partial charge in [0.2, 0.25) is 11.8 Å². The van der Waals surface area contributed by atoms with Gasteiger partial charge in [-0.15, -0.1) is 0 Å². The minimum absolute atomic E-state index is 0.109. The molecule has 108 valence electrons. The van der Waals surface area contributed by atoms with Crippen LogP contribution in [0.1, 0.15) is 24.8 Å². The molecular formula is C14H16BrFN2O2. The summed E-state index contributed by atoms with van der Waals surface area (Å²) in [6, 6.07) is 3.90. The number of aryl methyl sites for hydroxylation is 1. The highest BCUT2D eigenvalue weighted by Gasteiger charge is 2.32. The molecule has 6 heteroatoms. The van der Waals surface area contributed by atoms with Crippen molar-refractivity contribution in [2.24, 2.45) is 5.73 Å². The molecule has 2 N–H and O–H groups in total. The van der Waals surface area contributed by atoms with Crippen LogP contribution in [0.15, 0.2) is 22.7 Å². The maximum Gasteiger partial charge on any atom is 0.240 e. The molecule has 1 aliphatic rings. The molecule has 1 fully saturated rings. The van der Waals surface area contributed by atoms with Crippen molar-refractivity contribution in [3.8, 4) is 0 Å². The van der Waals surface area contributed by atoms with Crippen LogP contribution < -0.4 is 5.73 Å². The number of hydrogen-bond acceptors (Lipinski definition) is 2. The Hall–Kier alpha value is -1.43. The van der Waals surface area contributed by atoms with Crippen molar-refractivity contribution in [2.45, 2.75) is 31.7 Å². The van der Waals surface area contributed by atoms with Crippen LogP contribution in [0.5, 0.6) is 0 Å². The second kappa shape index (κ2) is 6.35. The van der Waals surface area contributed by atoms with Gasteiger partial charge >= 0.3 is 0 Å². The molecule has 0 aliphatic carbocycles. The molecule has 20 heavy (non-hydrogen) atoms. The predicted octanol–water partition coefficient (Wildman–Crippen LogP) is 2.00. The molecule has 1 saturated heterocycles. The predicted molar refractivity (Wildman–Crippen MR) is 76.4 cm³/mol. The lowest BCUT2D eigenvalue weighted by Gasteiger charge is -2.22. The molecule has 0 radical (unpaired) electrons. The van der Waals surface area contributed by atoms with E-state index in [1.54, 1.807) is 6.07 Å². The maximum absolute atomic E-state index is 13.2. The number of likely N-dealkylation sites (tertiary alicyclic amines) is 1. The van der Waals surface area contributed by atoms with Crippen molar-refractivity contribution in [1.82, 2.24) is 4.90 Å². The van der Waals surface area contributed by atoms with E-state index in [4.69, 9.17) is 5.73 Å². The number of nitrogens with zero attached hydrogens (tertiary/aromatic N) is 1. The molecule has 2 rings (SSSR count). The van der Waals surface area contributed by atoms with Gasteiger partial charge in [0.25, 0.3) is 0 Å². The summed E-state index contributed by atoms with van der Waals surface area (Å²) in [7, 11) is 0. The van der Waals surface area contributed by atoms with Crippen LogP contribution in [0.2, 0.25) is 0 Å². The van der Waals surface area contributed by atoms with Gasteiger partial charge < -0.3 is 10.6 Å². The fourth-order valence-corrected chi connectivity index (χ4v) is 2.93. The summed E-state index contributed by atoms with van der Waals surface area (Å²) in [4.78, 5) is 24.9. The lowest BCUT2D eigenvalue weighted by molar-refractivity contribution is -0.137. The lowest BCUT2D eigenvalue weighted by atomic mass is 10.1. The van der Waals surface area contributed by atoms with Crippen molar-refractivity contribution in [2.75, 3.05) is 6.54 Å². The Morgan fingerprint density at radius 2 is 2.20 bits per heavy atom. The number of benzene rings is 1. The largest absolute Gasteiger partial charge is 0.368 e. The minimum Gasteiger partial charge on any atom is -0.368 e. The van der Waals surface area contributed by atoms with Crippen molar-refractivity contribution in [3.63, 3.8) is 0 Å². The number of carbonyl (C=O) groups is 2. The first-order valence-electron chi connectivity index (χ1n) is 6.51. The Balaban J connectivity index is 1.98. The third-order valence-corrected chi connectivity index (χ3v) is 4.29. The zero-order valence-corrected chi connectivity index (χ0v) is 12.5. The summed E-state index contributed by atoms with van der Waals surface area (Å²) < 4.78 is 13.9. The molecule has 0 spiro atoms. The van der Waals surface area contributed by atoms with E-state index in [0.29, 0.717) is 19.4 Å². The Morgan fingerprint density at radius 1 is 1.45 bits per heavy atom. The molecule has 0 aromatic heterocycles. The number of amides is 2. The van der Waals surface area contributed by atoms with E-state index in [0.717, 1.165) is 16.5 Å². The lowest BCUT2D eigenvalue weighted by Crippen LogP contribution is -2.43. The SMILES string of the molecule is NC(=O)[C@H]1CCCN1C(=O)CCc1cc(F)ccc1Br. The van der Waals surface area contributed by atoms with Crippen LogP contribution in [-0.4, -0.2) is 29.3 Å². The minimum atomic E-state index is -0.488. The average molecular weight is 343 g/mol. The van der Waals surface area contributed by atoms with E-state index >= 15 is 0 Å². The van der Waals surface area contributed by atoms with E-state index in [-0.39, 0.29) is 18.1 Å². The van der Waals surface area contributed by atoms with Gasteiger partial charge in [-0.25, -0.2) is 4.39 Å². The fraction of sp³-hybridized carbons (Fsp3) is 0.429. The Labute approximate surface area is 125 Å². The van der Waals surface area contributed by atoms with Gasteiger partial charge in [0.05, 0.1) is 0 Å². The summed E-state index contributed by atoms with van der Waals surface area (Å²) >= 11 is 3.33. The summed E-state index contributed by atoms with van der Waals surface area (Å²) in [6.07, 6.45) is 2.10. The van der Waals surface area contributed by atoms with Crippen LogP contribution in [-0.2, 0) is 16.0 Å². The van der Waals surface area contributed by atoms with Gasteiger partial charge in [0.15, 0.2) is 0 Å². The smallest absolute Gasteiger partial charge is 0.240 e. The fourth-order valence-electron chi connectivity index (χ4n) is 2.48. The van der Waals surface area contributed by atoms with Crippen molar-refractivity contribution in [3.05, 3.63) is 34.1 Å². The second-order valence-electron chi connectivity index (χ2n) is 4.88. The Bertz CT molecular complexity index is 536. The molecule has 1 aromatic rings. The number of rotatable bonds is 4. The standard InChI is InChI=1S/C14H16BrFN2O2/c15-11-5-4-10(16)8-9(11)3-6-13(19)18-7-1-2-12(18)14(17)20/h4-5,8,12H,1-3,6-7H2,(H2,17,20)/t12-/m1/s1. The molecule has 1 aliphatic heterocycles. The Kier molecular flexibility index (Phi) is 4.75. The van der Waals surface area contributed by atoms with E-state index in [1.807, 2.05) is 0 Å². The van der Waals surface area contributed by atoms with Crippen LogP contribution in [0.25, 0.3) is 0 Å². The van der Waals surface area contributed by atoms with Gasteiger partial charge in [-0.2, -0.15) is 0 Å². The third kappa shape index (κ3) is 3.36. The average Bonchev–Trinajstić information content (AvgIpc) is 2.89. The molecule has 0 saturated carbocycles. The van der Waals surface area contributed by atoms with E-state index in [9.17, 15) is 14.0 Å². The molecule has 4 nitrogen and oxygen atoms in total. The van der Waals surface area contributed by atoms with E-state index in [1.165, 1.54) is 17.0 Å². The maximum atomic E-state index is 13.2. The van der Waals surface area contributed by atoms with Gasteiger partial charge in [0.1, 0.15) is 11.9 Å². The topological polar surface area (TPSA) is 63.4 Å². The highest BCUT2D eigenvalue weighted by molar-refractivity contribution is 9.10. The molecule has 1 aromatic carbocycles. The highest BCUT2D eigenvalue weighted by Crippen LogP contribution is 2.22. The van der Waals surface area contributed by atoms with Crippen LogP contribution in [0.3, 0.4) is 0 Å². The van der Waals surface area contributed by atoms with Gasteiger partial charge in [-0.05, 0) is 43.0 Å². The molecule has 1 heterocycles. The van der Waals surface area contributed by atoms with E-state index in [2.05, 4.69) is 15.9 Å². The number of carbonyl (C=O) groups excluding carboxylic acids is 2. The van der Waals surface area contributed by atoms with Gasteiger partial charge in [0, 0.05) is 17.4 Å². The monoisotopic (exact) mass is 342 g/mol. The molecule has 0 bridgehead atoms. The number of primary amides is 1. The molecule has 0 unspecified atom stereocenters. The number of hydrogen-bond donors (Lipinski definition) is 1. The Morgan fingerprint density at radius 3 is 2.90 bits per heavy atom. The van der Waals surface area contributed by atoms with Gasteiger partial charge in [-0.1, -0.05) is 15.9 Å². The first-order valence-corrected chi connectivity index (χ1v) is 7.31. The summed E-state index contributed by atoms with van der Waals surface area (Å²) in [5, 5.41) is 0. The summed E-state index contributed by atoms with van der Waals surface area (Å²) in [6.45, 7) is 0.566. The normalized spacial score (nSPS) is 18.3. The summed E-state index contributed by atoms with van der Waals surface area (Å²) in [5.41, 5.74) is 6.03. The first kappa shape index (κ1) is 15.0. The van der Waals surface area contributed by atoms with Crippen LogP contribution in [0.4, 0.5) is 4.39 Å². The third-order valence-electron chi connectivity index (χ3n) is 3.52. The first-order chi connectivity index (χ1) is 9.49. The number of halogens is 2. The zero-order chi connectivity index (χ0) is 14.7. The van der Waals surface area contributed by atoms with Crippen molar-refractivity contribution < 1.29 is 14.0 Å². The van der Waals surface area contributed by atoms with Gasteiger partial charge in [-0.3, -0.25) is 9.59 Å². The quantitative estimate of drug-likeness (QED) is 0.909.